The Bertz CT molecular complexity index is 371. The molecule has 0 saturated carbocycles. The van der Waals surface area contributed by atoms with Crippen molar-refractivity contribution in [2.75, 3.05) is 12.3 Å². The summed E-state index contributed by atoms with van der Waals surface area (Å²) in [7, 11) is 0. The van der Waals surface area contributed by atoms with Crippen LogP contribution in [0, 0.1) is 0 Å². The zero-order valence-corrected chi connectivity index (χ0v) is 12.5. The molecule has 1 aliphatic rings. The van der Waals surface area contributed by atoms with Gasteiger partial charge in [-0.15, -0.1) is 11.8 Å². The topological polar surface area (TPSA) is 12.0 Å². The van der Waals surface area contributed by atoms with E-state index < -0.39 is 0 Å². The summed E-state index contributed by atoms with van der Waals surface area (Å²) in [4.78, 5) is 1.45. The van der Waals surface area contributed by atoms with Crippen LogP contribution < -0.4 is 5.32 Å². The number of thioether (sulfide) groups is 1. The van der Waals surface area contributed by atoms with Gasteiger partial charge >= 0.3 is 0 Å². The maximum absolute atomic E-state index is 3.62. The van der Waals surface area contributed by atoms with Gasteiger partial charge in [0.25, 0.3) is 0 Å². The Balaban J connectivity index is 1.74. The molecule has 0 fully saturated rings. The monoisotopic (exact) mass is 263 g/mol. The van der Waals surface area contributed by atoms with Crippen LogP contribution in [0.25, 0.3) is 0 Å². The largest absolute Gasteiger partial charge is 0.313 e. The molecule has 1 aliphatic carbocycles. The standard InChI is InChI=1S/C16H25NS/c1-3-15(4-2)17-10-11-18-16-9-8-13-6-5-7-14(13)12-16/h8-9,12,15,17H,3-7,10-11H2,1-2H3. The highest BCUT2D eigenvalue weighted by Gasteiger charge is 2.10. The third-order valence-electron chi connectivity index (χ3n) is 3.86. The maximum atomic E-state index is 3.62. The molecule has 0 bridgehead atoms. The molecule has 0 unspecified atom stereocenters. The lowest BCUT2D eigenvalue weighted by Crippen LogP contribution is -2.29. The van der Waals surface area contributed by atoms with Crippen molar-refractivity contribution in [3.63, 3.8) is 0 Å². The molecule has 0 aromatic heterocycles. The molecule has 1 aromatic carbocycles. The molecule has 0 saturated heterocycles. The normalized spacial score (nSPS) is 14.2. The van der Waals surface area contributed by atoms with Gasteiger partial charge in [0.15, 0.2) is 0 Å². The van der Waals surface area contributed by atoms with E-state index in [1.54, 1.807) is 11.1 Å². The number of aryl methyl sites for hydroxylation is 2. The predicted molar refractivity (Wildman–Crippen MR) is 81.6 cm³/mol. The molecule has 0 aliphatic heterocycles. The lowest BCUT2D eigenvalue weighted by Gasteiger charge is -2.14. The van der Waals surface area contributed by atoms with E-state index in [2.05, 4.69) is 37.4 Å². The molecule has 1 N–H and O–H groups in total. The van der Waals surface area contributed by atoms with Gasteiger partial charge in [-0.25, -0.2) is 0 Å². The molecular formula is C16H25NS. The number of nitrogens with one attached hydrogen (secondary N) is 1. The third kappa shape index (κ3) is 3.76. The lowest BCUT2D eigenvalue weighted by molar-refractivity contribution is 0.501. The molecule has 1 nitrogen and oxygen atoms in total. The van der Waals surface area contributed by atoms with Gasteiger partial charge in [0.1, 0.15) is 0 Å². The molecule has 100 valence electrons. The van der Waals surface area contributed by atoms with Crippen LogP contribution in [-0.4, -0.2) is 18.3 Å². The van der Waals surface area contributed by atoms with Gasteiger partial charge in [-0.05, 0) is 55.4 Å². The molecule has 0 amide bonds. The van der Waals surface area contributed by atoms with E-state index in [0.717, 1.165) is 6.54 Å². The predicted octanol–water partition coefficient (Wildman–Crippen LogP) is 4.05. The van der Waals surface area contributed by atoms with E-state index in [4.69, 9.17) is 0 Å². The minimum Gasteiger partial charge on any atom is -0.313 e. The summed E-state index contributed by atoms with van der Waals surface area (Å²) >= 11 is 1.99. The van der Waals surface area contributed by atoms with Crippen molar-refractivity contribution >= 4 is 11.8 Å². The summed E-state index contributed by atoms with van der Waals surface area (Å²) in [5, 5.41) is 3.62. The molecule has 2 heteroatoms. The Morgan fingerprint density at radius 1 is 1.17 bits per heavy atom. The second kappa shape index (κ2) is 7.20. The van der Waals surface area contributed by atoms with E-state index in [-0.39, 0.29) is 0 Å². The van der Waals surface area contributed by atoms with Gasteiger partial charge < -0.3 is 5.32 Å². The van der Waals surface area contributed by atoms with Crippen LogP contribution in [0.3, 0.4) is 0 Å². The van der Waals surface area contributed by atoms with Crippen molar-refractivity contribution in [1.29, 1.82) is 0 Å². The van der Waals surface area contributed by atoms with Crippen molar-refractivity contribution in [1.82, 2.24) is 5.32 Å². The Kier molecular flexibility index (Phi) is 5.58. The Morgan fingerprint density at radius 2 is 1.94 bits per heavy atom. The highest BCUT2D eigenvalue weighted by atomic mass is 32.2. The minimum absolute atomic E-state index is 0.700. The number of rotatable bonds is 7. The smallest absolute Gasteiger partial charge is 0.0106 e. The van der Waals surface area contributed by atoms with Gasteiger partial charge in [-0.3, -0.25) is 0 Å². The van der Waals surface area contributed by atoms with E-state index in [0.29, 0.717) is 6.04 Å². The fourth-order valence-corrected chi connectivity index (χ4v) is 3.49. The van der Waals surface area contributed by atoms with Crippen LogP contribution in [0.15, 0.2) is 23.1 Å². The van der Waals surface area contributed by atoms with Crippen LogP contribution in [0.4, 0.5) is 0 Å². The quantitative estimate of drug-likeness (QED) is 0.588. The summed E-state index contributed by atoms with van der Waals surface area (Å²) in [5.74, 6) is 1.18. The summed E-state index contributed by atoms with van der Waals surface area (Å²) < 4.78 is 0. The van der Waals surface area contributed by atoms with E-state index in [1.165, 1.54) is 42.8 Å². The maximum Gasteiger partial charge on any atom is 0.0106 e. The van der Waals surface area contributed by atoms with E-state index in [9.17, 15) is 0 Å². The first kappa shape index (κ1) is 14.0. The fraction of sp³-hybridized carbons (Fsp3) is 0.625. The van der Waals surface area contributed by atoms with Crippen molar-refractivity contribution < 1.29 is 0 Å². The molecule has 0 heterocycles. The van der Waals surface area contributed by atoms with Gasteiger partial charge in [0.05, 0.1) is 0 Å². The Labute approximate surface area is 116 Å². The highest BCUT2D eigenvalue weighted by molar-refractivity contribution is 7.99. The van der Waals surface area contributed by atoms with Gasteiger partial charge in [0.2, 0.25) is 0 Å². The average Bonchev–Trinajstić information content (AvgIpc) is 2.86. The molecule has 0 radical (unpaired) electrons. The van der Waals surface area contributed by atoms with Crippen molar-refractivity contribution in [3.05, 3.63) is 29.3 Å². The average molecular weight is 263 g/mol. The number of benzene rings is 1. The first-order valence-corrected chi connectivity index (χ1v) is 8.30. The van der Waals surface area contributed by atoms with E-state index in [1.807, 2.05) is 11.8 Å². The molecular weight excluding hydrogens is 238 g/mol. The van der Waals surface area contributed by atoms with Crippen LogP contribution >= 0.6 is 11.8 Å². The van der Waals surface area contributed by atoms with Crippen LogP contribution in [0.5, 0.6) is 0 Å². The second-order valence-corrected chi connectivity index (χ2v) is 6.27. The first-order chi connectivity index (χ1) is 8.83. The number of fused-ring (bicyclic) bond motifs is 1. The van der Waals surface area contributed by atoms with Crippen LogP contribution in [0.2, 0.25) is 0 Å². The van der Waals surface area contributed by atoms with Crippen LogP contribution in [-0.2, 0) is 12.8 Å². The highest BCUT2D eigenvalue weighted by Crippen LogP contribution is 2.27. The summed E-state index contributed by atoms with van der Waals surface area (Å²) in [6, 6.07) is 7.74. The number of hydrogen-bond acceptors (Lipinski definition) is 2. The summed E-state index contributed by atoms with van der Waals surface area (Å²) in [5.41, 5.74) is 3.17. The Morgan fingerprint density at radius 3 is 2.72 bits per heavy atom. The van der Waals surface area contributed by atoms with Gasteiger partial charge in [-0.1, -0.05) is 19.9 Å². The fourth-order valence-electron chi connectivity index (χ4n) is 2.65. The SMILES string of the molecule is CCC(CC)NCCSc1ccc2c(c1)CCC2. The number of hydrogen-bond donors (Lipinski definition) is 1. The molecule has 2 rings (SSSR count). The summed E-state index contributed by atoms with van der Waals surface area (Å²) in [6.07, 6.45) is 6.39. The van der Waals surface area contributed by atoms with Gasteiger partial charge in [-0.2, -0.15) is 0 Å². The van der Waals surface area contributed by atoms with Crippen molar-refractivity contribution in [2.45, 2.75) is 56.9 Å². The minimum atomic E-state index is 0.700. The van der Waals surface area contributed by atoms with Crippen LogP contribution in [0.1, 0.15) is 44.2 Å². The van der Waals surface area contributed by atoms with E-state index >= 15 is 0 Å². The molecule has 0 atom stereocenters. The zero-order chi connectivity index (χ0) is 12.8. The third-order valence-corrected chi connectivity index (χ3v) is 4.85. The lowest BCUT2D eigenvalue weighted by atomic mass is 10.1. The zero-order valence-electron chi connectivity index (χ0n) is 11.7. The molecule has 1 aromatic rings. The molecule has 0 spiro atoms. The van der Waals surface area contributed by atoms with Crippen molar-refractivity contribution in [2.24, 2.45) is 0 Å². The second-order valence-electron chi connectivity index (χ2n) is 5.10. The molecule has 18 heavy (non-hydrogen) atoms. The van der Waals surface area contributed by atoms with Crippen molar-refractivity contribution in [3.8, 4) is 0 Å². The Hall–Kier alpha value is -0.470. The van der Waals surface area contributed by atoms with Gasteiger partial charge in [0, 0.05) is 23.2 Å². The first-order valence-electron chi connectivity index (χ1n) is 7.31. The summed E-state index contributed by atoms with van der Waals surface area (Å²) in [6.45, 7) is 5.64.